The van der Waals surface area contributed by atoms with Crippen LogP contribution >= 0.6 is 0 Å². The fourth-order valence-corrected chi connectivity index (χ4v) is 1.58. The number of carbonyl (C=O) groups is 1. The maximum atomic E-state index is 11.0. The Labute approximate surface area is 109 Å². The molecule has 2 rings (SSSR count). The van der Waals surface area contributed by atoms with Crippen LogP contribution in [0.15, 0.2) is 30.6 Å². The number of hydrogen-bond donors (Lipinski definition) is 2. The molecule has 6 nitrogen and oxygen atoms in total. The summed E-state index contributed by atoms with van der Waals surface area (Å²) in [5.74, 6) is -0.703. The average molecular weight is 254 g/mol. The number of benzene rings is 1. The molecule has 0 atom stereocenters. The van der Waals surface area contributed by atoms with Crippen molar-refractivity contribution in [3.63, 3.8) is 0 Å². The molecular formula is C13H10N4O2. The van der Waals surface area contributed by atoms with Crippen molar-refractivity contribution >= 4 is 17.5 Å². The second-order valence-electron chi connectivity index (χ2n) is 3.83. The van der Waals surface area contributed by atoms with E-state index in [4.69, 9.17) is 10.4 Å². The minimum absolute atomic E-state index is 0.153. The highest BCUT2D eigenvalue weighted by Gasteiger charge is 2.09. The quantitative estimate of drug-likeness (QED) is 0.870. The molecule has 0 unspecified atom stereocenters. The lowest BCUT2D eigenvalue weighted by atomic mass is 10.1. The first-order valence-corrected chi connectivity index (χ1v) is 5.44. The van der Waals surface area contributed by atoms with Gasteiger partial charge in [-0.05, 0) is 24.6 Å². The predicted octanol–water partition coefficient (Wildman–Crippen LogP) is 2.10. The van der Waals surface area contributed by atoms with Gasteiger partial charge in [0.25, 0.3) is 0 Å². The first-order chi connectivity index (χ1) is 9.11. The van der Waals surface area contributed by atoms with Crippen LogP contribution < -0.4 is 5.32 Å². The maximum Gasteiger partial charge on any atom is 0.336 e. The van der Waals surface area contributed by atoms with E-state index in [1.54, 1.807) is 19.1 Å². The summed E-state index contributed by atoms with van der Waals surface area (Å²) in [6.07, 6.45) is 2.87. The normalized spacial score (nSPS) is 9.68. The highest BCUT2D eigenvalue weighted by atomic mass is 16.4. The Bertz CT molecular complexity index is 677. The van der Waals surface area contributed by atoms with Gasteiger partial charge in [-0.1, -0.05) is 6.07 Å². The van der Waals surface area contributed by atoms with Crippen LogP contribution in [0.4, 0.5) is 11.5 Å². The van der Waals surface area contributed by atoms with E-state index >= 15 is 0 Å². The number of aryl methyl sites for hydroxylation is 1. The Morgan fingerprint density at radius 3 is 2.79 bits per heavy atom. The Morgan fingerprint density at radius 2 is 2.11 bits per heavy atom. The summed E-state index contributed by atoms with van der Waals surface area (Å²) in [5.41, 5.74) is 1.56. The number of nitriles is 1. The van der Waals surface area contributed by atoms with Gasteiger partial charge in [-0.15, -0.1) is 0 Å². The number of anilines is 2. The lowest BCUT2D eigenvalue weighted by Gasteiger charge is -2.08. The molecule has 0 aliphatic rings. The highest BCUT2D eigenvalue weighted by molar-refractivity contribution is 5.90. The van der Waals surface area contributed by atoms with Gasteiger partial charge >= 0.3 is 5.97 Å². The van der Waals surface area contributed by atoms with Crippen molar-refractivity contribution in [3.8, 4) is 6.07 Å². The topological polar surface area (TPSA) is 98.9 Å². The number of aromatic nitrogens is 2. The number of aromatic carboxylic acids is 1. The van der Waals surface area contributed by atoms with Crippen LogP contribution in [0.1, 0.15) is 21.6 Å². The number of rotatable bonds is 3. The van der Waals surface area contributed by atoms with Crippen LogP contribution in [0.25, 0.3) is 0 Å². The zero-order valence-electron chi connectivity index (χ0n) is 10.1. The molecule has 0 aliphatic carbocycles. The van der Waals surface area contributed by atoms with E-state index in [1.165, 1.54) is 18.5 Å². The second kappa shape index (κ2) is 5.14. The summed E-state index contributed by atoms with van der Waals surface area (Å²) in [6, 6.07) is 6.81. The average Bonchev–Trinajstić information content (AvgIpc) is 2.41. The lowest BCUT2D eigenvalue weighted by Crippen LogP contribution is -2.03. The van der Waals surface area contributed by atoms with Crippen molar-refractivity contribution in [1.29, 1.82) is 5.26 Å². The number of carboxylic acid groups (broad SMARTS) is 1. The molecule has 0 saturated carbocycles. The minimum Gasteiger partial charge on any atom is -0.478 e. The smallest absolute Gasteiger partial charge is 0.336 e. The fourth-order valence-electron chi connectivity index (χ4n) is 1.58. The number of hydrogen-bond acceptors (Lipinski definition) is 5. The molecule has 1 aromatic carbocycles. The summed E-state index contributed by atoms with van der Waals surface area (Å²) < 4.78 is 0. The lowest BCUT2D eigenvalue weighted by molar-refractivity contribution is 0.0696. The van der Waals surface area contributed by atoms with Gasteiger partial charge in [-0.25, -0.2) is 14.8 Å². The van der Waals surface area contributed by atoms with Gasteiger partial charge in [0, 0.05) is 18.1 Å². The van der Waals surface area contributed by atoms with Crippen LogP contribution in [0.2, 0.25) is 0 Å². The Balaban J connectivity index is 2.37. The van der Waals surface area contributed by atoms with Gasteiger partial charge in [0.1, 0.15) is 6.07 Å². The summed E-state index contributed by atoms with van der Waals surface area (Å²) >= 11 is 0. The Hall–Kier alpha value is -2.94. The van der Waals surface area contributed by atoms with Gasteiger partial charge in [0.05, 0.1) is 5.56 Å². The molecule has 6 heteroatoms. The molecule has 1 heterocycles. The maximum absolute atomic E-state index is 11.0. The number of nitrogens with zero attached hydrogens (tertiary/aromatic N) is 3. The largest absolute Gasteiger partial charge is 0.478 e. The molecule has 0 aliphatic heterocycles. The monoisotopic (exact) mass is 254 g/mol. The molecule has 94 valence electrons. The van der Waals surface area contributed by atoms with E-state index in [0.717, 1.165) is 0 Å². The van der Waals surface area contributed by atoms with E-state index in [1.807, 2.05) is 6.07 Å². The molecule has 0 saturated heterocycles. The molecule has 0 bridgehead atoms. The van der Waals surface area contributed by atoms with E-state index in [2.05, 4.69) is 15.3 Å². The van der Waals surface area contributed by atoms with E-state index in [9.17, 15) is 4.79 Å². The number of nitrogens with one attached hydrogen (secondary N) is 1. The number of carboxylic acids is 1. The van der Waals surface area contributed by atoms with Crippen molar-refractivity contribution in [2.24, 2.45) is 0 Å². The fraction of sp³-hybridized carbons (Fsp3) is 0.0769. The zero-order valence-corrected chi connectivity index (χ0v) is 10.1. The SMILES string of the molecule is Cc1ccc(Nc2nccnc2C#N)cc1C(=O)O. The molecule has 0 spiro atoms. The van der Waals surface area contributed by atoms with Crippen LogP contribution in [-0.2, 0) is 0 Å². The van der Waals surface area contributed by atoms with Crippen LogP contribution in [-0.4, -0.2) is 21.0 Å². The molecule has 0 radical (unpaired) electrons. The highest BCUT2D eigenvalue weighted by Crippen LogP contribution is 2.20. The van der Waals surface area contributed by atoms with Crippen molar-refractivity contribution in [2.45, 2.75) is 6.92 Å². The predicted molar refractivity (Wildman–Crippen MR) is 68.2 cm³/mol. The van der Waals surface area contributed by atoms with Crippen LogP contribution in [0.3, 0.4) is 0 Å². The first-order valence-electron chi connectivity index (χ1n) is 5.44. The van der Waals surface area contributed by atoms with Crippen molar-refractivity contribution in [1.82, 2.24) is 9.97 Å². The first kappa shape index (κ1) is 12.5. The summed E-state index contributed by atoms with van der Waals surface area (Å²) in [5, 5.41) is 20.8. The molecule has 0 fully saturated rings. The molecule has 0 amide bonds. The van der Waals surface area contributed by atoms with Gasteiger partial charge in [-0.2, -0.15) is 5.26 Å². The molecule has 19 heavy (non-hydrogen) atoms. The summed E-state index contributed by atoms with van der Waals surface area (Å²) in [6.45, 7) is 1.72. The summed E-state index contributed by atoms with van der Waals surface area (Å²) in [7, 11) is 0. The second-order valence-corrected chi connectivity index (χ2v) is 3.83. The van der Waals surface area contributed by atoms with Crippen molar-refractivity contribution in [3.05, 3.63) is 47.4 Å². The minimum atomic E-state index is -0.999. The zero-order chi connectivity index (χ0) is 13.8. The molecule has 1 aromatic heterocycles. The third kappa shape index (κ3) is 2.66. The van der Waals surface area contributed by atoms with Crippen LogP contribution in [0, 0.1) is 18.3 Å². The standard InChI is InChI=1S/C13H10N4O2/c1-8-2-3-9(6-10(8)13(18)19)17-12-11(7-14)15-4-5-16-12/h2-6H,1H3,(H,16,17)(H,18,19). The third-order valence-electron chi connectivity index (χ3n) is 2.53. The van der Waals surface area contributed by atoms with Gasteiger partial charge < -0.3 is 10.4 Å². The van der Waals surface area contributed by atoms with Gasteiger partial charge in [0.2, 0.25) is 0 Å². The third-order valence-corrected chi connectivity index (χ3v) is 2.53. The summed E-state index contributed by atoms with van der Waals surface area (Å²) in [4.78, 5) is 18.9. The van der Waals surface area contributed by atoms with Gasteiger partial charge in [-0.3, -0.25) is 0 Å². The van der Waals surface area contributed by atoms with E-state index in [0.29, 0.717) is 17.1 Å². The molecule has 2 N–H and O–H groups in total. The van der Waals surface area contributed by atoms with Gasteiger partial charge in [0.15, 0.2) is 11.5 Å². The van der Waals surface area contributed by atoms with E-state index in [-0.39, 0.29) is 11.3 Å². The Morgan fingerprint density at radius 1 is 1.37 bits per heavy atom. The van der Waals surface area contributed by atoms with E-state index < -0.39 is 5.97 Å². The van der Waals surface area contributed by atoms with Crippen molar-refractivity contribution < 1.29 is 9.90 Å². The molecular weight excluding hydrogens is 244 g/mol. The molecule has 2 aromatic rings. The van der Waals surface area contributed by atoms with Crippen LogP contribution in [0.5, 0.6) is 0 Å². The Kier molecular flexibility index (Phi) is 3.39. The van der Waals surface area contributed by atoms with Crippen molar-refractivity contribution in [2.75, 3.05) is 5.32 Å².